The maximum Gasteiger partial charge on any atom is 0.319 e. The topological polar surface area (TPSA) is 70.6 Å². The molecule has 0 aliphatic heterocycles. The molecule has 1 rings (SSSR count). The van der Waals surface area contributed by atoms with Gasteiger partial charge >= 0.3 is 6.03 Å². The zero-order chi connectivity index (χ0) is 12.7. The fourth-order valence-corrected chi connectivity index (χ4v) is 1.33. The maximum atomic E-state index is 11.6. The number of benzene rings is 1. The Kier molecular flexibility index (Phi) is 5.29. The van der Waals surface area contributed by atoms with Gasteiger partial charge in [0.2, 0.25) is 0 Å². The van der Waals surface area contributed by atoms with Crippen LogP contribution in [0.25, 0.3) is 0 Å². The van der Waals surface area contributed by atoms with E-state index in [1.54, 1.807) is 31.4 Å². The summed E-state index contributed by atoms with van der Waals surface area (Å²) in [6.07, 6.45) is 0.683. The lowest BCUT2D eigenvalue weighted by molar-refractivity contribution is 0.222. The lowest BCUT2D eigenvalue weighted by atomic mass is 10.2. The number of methoxy groups -OCH3 is 1. The summed E-state index contributed by atoms with van der Waals surface area (Å²) in [5, 5.41) is 14.3. The van der Waals surface area contributed by atoms with Crippen LogP contribution in [-0.2, 0) is 0 Å². The van der Waals surface area contributed by atoms with E-state index in [-0.39, 0.29) is 18.7 Å². The van der Waals surface area contributed by atoms with Gasteiger partial charge in [-0.2, -0.15) is 0 Å². The molecule has 0 aromatic heterocycles. The van der Waals surface area contributed by atoms with Crippen molar-refractivity contribution in [3.8, 4) is 5.75 Å². The van der Waals surface area contributed by atoms with Crippen LogP contribution in [0, 0.1) is 0 Å². The summed E-state index contributed by atoms with van der Waals surface area (Å²) < 4.78 is 5.05. The second-order valence-corrected chi connectivity index (χ2v) is 3.62. The van der Waals surface area contributed by atoms with E-state index in [0.29, 0.717) is 17.9 Å². The number of urea groups is 1. The molecule has 0 fully saturated rings. The van der Waals surface area contributed by atoms with E-state index in [4.69, 9.17) is 9.84 Å². The molecule has 0 bridgehead atoms. The second kappa shape index (κ2) is 6.75. The number of rotatable bonds is 5. The SMILES string of the molecule is CC[C@H](CO)NC(=O)Nc1cccc(OC)c1. The third-order valence-corrected chi connectivity index (χ3v) is 2.38. The number of amides is 2. The van der Waals surface area contributed by atoms with Gasteiger partial charge < -0.3 is 20.5 Å². The van der Waals surface area contributed by atoms with Gasteiger partial charge in [-0.3, -0.25) is 0 Å². The Hall–Kier alpha value is -1.75. The Morgan fingerprint density at radius 2 is 2.29 bits per heavy atom. The van der Waals surface area contributed by atoms with E-state index in [1.807, 2.05) is 6.92 Å². The van der Waals surface area contributed by atoms with Gasteiger partial charge in [0.05, 0.1) is 19.8 Å². The molecule has 2 amide bonds. The standard InChI is InChI=1S/C12H18N2O3/c1-3-9(8-15)13-12(16)14-10-5-4-6-11(7-10)17-2/h4-7,9,15H,3,8H2,1-2H3,(H2,13,14,16)/t9-/m1/s1. The molecule has 0 saturated heterocycles. The van der Waals surface area contributed by atoms with Crippen molar-refractivity contribution in [2.24, 2.45) is 0 Å². The Morgan fingerprint density at radius 3 is 2.88 bits per heavy atom. The molecule has 0 unspecified atom stereocenters. The first-order valence-electron chi connectivity index (χ1n) is 5.52. The number of nitrogens with one attached hydrogen (secondary N) is 2. The van der Waals surface area contributed by atoms with Gasteiger partial charge in [-0.25, -0.2) is 4.79 Å². The largest absolute Gasteiger partial charge is 0.497 e. The van der Waals surface area contributed by atoms with Crippen LogP contribution in [0.1, 0.15) is 13.3 Å². The number of aliphatic hydroxyl groups is 1. The van der Waals surface area contributed by atoms with Gasteiger partial charge in [0.25, 0.3) is 0 Å². The van der Waals surface area contributed by atoms with Crippen molar-refractivity contribution in [1.82, 2.24) is 5.32 Å². The molecule has 5 nitrogen and oxygen atoms in total. The molecule has 94 valence electrons. The van der Waals surface area contributed by atoms with Crippen molar-refractivity contribution in [2.75, 3.05) is 19.0 Å². The minimum Gasteiger partial charge on any atom is -0.497 e. The van der Waals surface area contributed by atoms with Crippen molar-refractivity contribution < 1.29 is 14.6 Å². The molecule has 3 N–H and O–H groups in total. The maximum absolute atomic E-state index is 11.6. The van der Waals surface area contributed by atoms with Crippen molar-refractivity contribution in [2.45, 2.75) is 19.4 Å². The Morgan fingerprint density at radius 1 is 1.53 bits per heavy atom. The van der Waals surface area contributed by atoms with Crippen molar-refractivity contribution >= 4 is 11.7 Å². The Balaban J connectivity index is 2.55. The number of anilines is 1. The van der Waals surface area contributed by atoms with E-state index in [2.05, 4.69) is 10.6 Å². The normalized spacial score (nSPS) is 11.7. The summed E-state index contributed by atoms with van der Waals surface area (Å²) in [4.78, 5) is 11.6. The monoisotopic (exact) mass is 238 g/mol. The molecule has 1 atom stereocenters. The van der Waals surface area contributed by atoms with E-state index >= 15 is 0 Å². The van der Waals surface area contributed by atoms with Crippen LogP contribution in [0.4, 0.5) is 10.5 Å². The average molecular weight is 238 g/mol. The number of carbonyl (C=O) groups excluding carboxylic acids is 1. The molecule has 5 heteroatoms. The van der Waals surface area contributed by atoms with E-state index in [0.717, 1.165) is 0 Å². The highest BCUT2D eigenvalue weighted by atomic mass is 16.5. The van der Waals surface area contributed by atoms with E-state index in [9.17, 15) is 4.79 Å². The zero-order valence-corrected chi connectivity index (χ0v) is 10.1. The third-order valence-electron chi connectivity index (χ3n) is 2.38. The number of aliphatic hydroxyl groups excluding tert-OH is 1. The summed E-state index contributed by atoms with van der Waals surface area (Å²) in [7, 11) is 1.57. The highest BCUT2D eigenvalue weighted by Gasteiger charge is 2.08. The first-order chi connectivity index (χ1) is 8.19. The van der Waals surface area contributed by atoms with E-state index in [1.165, 1.54) is 0 Å². The molecule has 1 aromatic carbocycles. The fraction of sp³-hybridized carbons (Fsp3) is 0.417. The minimum absolute atomic E-state index is 0.0674. The van der Waals surface area contributed by atoms with Crippen LogP contribution in [0.3, 0.4) is 0 Å². The highest BCUT2D eigenvalue weighted by Crippen LogP contribution is 2.16. The quantitative estimate of drug-likeness (QED) is 0.729. The molecule has 0 aliphatic carbocycles. The molecular weight excluding hydrogens is 220 g/mol. The molecule has 0 aliphatic rings. The molecule has 17 heavy (non-hydrogen) atoms. The molecule has 0 spiro atoms. The fourth-order valence-electron chi connectivity index (χ4n) is 1.33. The summed E-state index contributed by atoms with van der Waals surface area (Å²) in [6, 6.07) is 6.52. The number of hydrogen-bond acceptors (Lipinski definition) is 3. The van der Waals surface area contributed by atoms with Gasteiger partial charge in [-0.15, -0.1) is 0 Å². The lowest BCUT2D eigenvalue weighted by Crippen LogP contribution is -2.39. The molecule has 0 radical (unpaired) electrons. The smallest absolute Gasteiger partial charge is 0.319 e. The highest BCUT2D eigenvalue weighted by molar-refractivity contribution is 5.89. The number of hydrogen-bond donors (Lipinski definition) is 3. The Bertz CT molecular complexity index is 365. The van der Waals surface area contributed by atoms with Gasteiger partial charge in [-0.05, 0) is 18.6 Å². The lowest BCUT2D eigenvalue weighted by Gasteiger charge is -2.14. The second-order valence-electron chi connectivity index (χ2n) is 3.62. The predicted molar refractivity (Wildman–Crippen MR) is 66.3 cm³/mol. The molecular formula is C12H18N2O3. The van der Waals surface area contributed by atoms with Crippen molar-refractivity contribution in [3.63, 3.8) is 0 Å². The van der Waals surface area contributed by atoms with Crippen molar-refractivity contribution in [1.29, 1.82) is 0 Å². The van der Waals surface area contributed by atoms with E-state index < -0.39 is 0 Å². The molecule has 1 aromatic rings. The first-order valence-corrected chi connectivity index (χ1v) is 5.52. The molecule has 0 saturated carbocycles. The van der Waals surface area contributed by atoms with Crippen LogP contribution >= 0.6 is 0 Å². The third kappa shape index (κ3) is 4.32. The summed E-state index contributed by atoms with van der Waals surface area (Å²) >= 11 is 0. The summed E-state index contributed by atoms with van der Waals surface area (Å²) in [5.74, 6) is 0.678. The zero-order valence-electron chi connectivity index (χ0n) is 10.1. The van der Waals surface area contributed by atoms with Crippen LogP contribution in [0.2, 0.25) is 0 Å². The first kappa shape index (κ1) is 13.3. The number of carbonyl (C=O) groups is 1. The van der Waals surface area contributed by atoms with Gasteiger partial charge in [-0.1, -0.05) is 13.0 Å². The average Bonchev–Trinajstić information content (AvgIpc) is 2.36. The number of ether oxygens (including phenoxy) is 1. The predicted octanol–water partition coefficient (Wildman–Crippen LogP) is 1.59. The van der Waals surface area contributed by atoms with Crippen LogP contribution in [-0.4, -0.2) is 30.9 Å². The van der Waals surface area contributed by atoms with Crippen LogP contribution in [0.5, 0.6) is 5.75 Å². The molecule has 0 heterocycles. The summed E-state index contributed by atoms with van der Waals surface area (Å²) in [5.41, 5.74) is 0.648. The minimum atomic E-state index is -0.334. The van der Waals surface area contributed by atoms with Crippen molar-refractivity contribution in [3.05, 3.63) is 24.3 Å². The van der Waals surface area contributed by atoms with Gasteiger partial charge in [0.1, 0.15) is 5.75 Å². The van der Waals surface area contributed by atoms with Crippen LogP contribution in [0.15, 0.2) is 24.3 Å². The summed E-state index contributed by atoms with van der Waals surface area (Å²) in [6.45, 7) is 1.83. The van der Waals surface area contributed by atoms with Gasteiger partial charge in [0.15, 0.2) is 0 Å². The Labute approximate surface area is 101 Å². The van der Waals surface area contributed by atoms with Crippen LogP contribution < -0.4 is 15.4 Å². The van der Waals surface area contributed by atoms with Gasteiger partial charge in [0, 0.05) is 11.8 Å².